The molecular formula is C22H25N5O3. The van der Waals surface area contributed by atoms with Gasteiger partial charge in [0, 0.05) is 36.7 Å². The van der Waals surface area contributed by atoms with Crippen molar-refractivity contribution >= 4 is 5.91 Å². The van der Waals surface area contributed by atoms with E-state index in [1.807, 2.05) is 36.4 Å². The van der Waals surface area contributed by atoms with Crippen molar-refractivity contribution in [2.24, 2.45) is 5.92 Å². The summed E-state index contributed by atoms with van der Waals surface area (Å²) in [7, 11) is 1.63. The van der Waals surface area contributed by atoms with E-state index in [0.717, 1.165) is 16.9 Å². The van der Waals surface area contributed by atoms with E-state index in [1.165, 1.54) is 0 Å². The quantitative estimate of drug-likeness (QED) is 0.553. The third-order valence-corrected chi connectivity index (χ3v) is 5.32. The second kappa shape index (κ2) is 9.06. The molecule has 1 aliphatic heterocycles. The second-order valence-electron chi connectivity index (χ2n) is 7.30. The van der Waals surface area contributed by atoms with E-state index in [-0.39, 0.29) is 24.0 Å². The van der Waals surface area contributed by atoms with Gasteiger partial charge in [-0.25, -0.2) is 15.8 Å². The van der Waals surface area contributed by atoms with Gasteiger partial charge in [0.15, 0.2) is 11.7 Å². The molecule has 3 heterocycles. The van der Waals surface area contributed by atoms with Gasteiger partial charge in [0.25, 0.3) is 0 Å². The van der Waals surface area contributed by atoms with Crippen molar-refractivity contribution in [2.45, 2.75) is 32.0 Å². The smallest absolute Gasteiger partial charge is 0.221 e. The van der Waals surface area contributed by atoms with Crippen molar-refractivity contribution in [2.75, 3.05) is 7.11 Å². The summed E-state index contributed by atoms with van der Waals surface area (Å²) in [6, 6.07) is 11.6. The Bertz CT molecular complexity index is 974. The lowest BCUT2D eigenvalue weighted by Crippen LogP contribution is -2.46. The molecule has 2 aromatic heterocycles. The number of benzene rings is 1. The van der Waals surface area contributed by atoms with Crippen LogP contribution in [0.3, 0.4) is 0 Å². The molecule has 0 radical (unpaired) electrons. The molecule has 1 saturated heterocycles. The van der Waals surface area contributed by atoms with E-state index in [0.29, 0.717) is 24.5 Å². The zero-order valence-electron chi connectivity index (χ0n) is 17.0. The van der Waals surface area contributed by atoms with Crippen molar-refractivity contribution in [3.8, 4) is 17.1 Å². The number of ether oxygens (including phenoxy) is 1. The zero-order chi connectivity index (χ0) is 20.9. The molecule has 1 aliphatic rings. The summed E-state index contributed by atoms with van der Waals surface area (Å²) < 4.78 is 11.0. The highest BCUT2D eigenvalue weighted by Crippen LogP contribution is 2.27. The first-order chi connectivity index (χ1) is 14.6. The Kier molecular flexibility index (Phi) is 6.06. The number of aryl methyl sites for hydroxylation is 1. The molecule has 0 saturated carbocycles. The molecule has 4 rings (SSSR count). The van der Waals surface area contributed by atoms with Crippen LogP contribution in [0.5, 0.6) is 5.75 Å². The zero-order valence-corrected chi connectivity index (χ0v) is 17.0. The summed E-state index contributed by atoms with van der Waals surface area (Å²) in [6.07, 6.45) is 5.80. The number of methoxy groups -OCH3 is 1. The number of pyridine rings is 1. The number of nitrogens with one attached hydrogen (secondary N) is 3. The van der Waals surface area contributed by atoms with Crippen LogP contribution in [-0.4, -0.2) is 29.2 Å². The molecular weight excluding hydrogens is 382 g/mol. The second-order valence-corrected chi connectivity index (χ2v) is 7.30. The maximum absolute atomic E-state index is 12.4. The third-order valence-electron chi connectivity index (χ3n) is 5.32. The predicted molar refractivity (Wildman–Crippen MR) is 111 cm³/mol. The highest BCUT2D eigenvalue weighted by atomic mass is 16.5. The van der Waals surface area contributed by atoms with Gasteiger partial charge >= 0.3 is 0 Å². The number of carbonyl (C=O) groups excluding carboxylic acids is 1. The van der Waals surface area contributed by atoms with Crippen molar-refractivity contribution in [1.82, 2.24) is 26.1 Å². The Morgan fingerprint density at radius 1 is 1.17 bits per heavy atom. The largest absolute Gasteiger partial charge is 0.497 e. The number of carbonyl (C=O) groups is 1. The summed E-state index contributed by atoms with van der Waals surface area (Å²) in [5.74, 6) is 2.12. The van der Waals surface area contributed by atoms with Gasteiger partial charge in [0.2, 0.25) is 5.91 Å². The molecule has 3 N–H and O–H groups in total. The number of nitrogens with zero attached hydrogens (tertiary/aromatic N) is 2. The number of hydrogen-bond acceptors (Lipinski definition) is 7. The van der Waals surface area contributed by atoms with Crippen LogP contribution in [0.2, 0.25) is 0 Å². The lowest BCUT2D eigenvalue weighted by atomic mass is 9.95. The standard InChI is InChI=1S/C22H25N5O3/c1-14-21(16-9-11-23-12-10-16)26-27-22(14)25-19(28)7-8-20-24-13-18(30-20)15-3-5-17(29-2)6-4-15/h3-6,9-14,21-22,26-27H,7-8H2,1-2H3,(H,25,28). The van der Waals surface area contributed by atoms with E-state index in [9.17, 15) is 4.79 Å². The molecule has 0 spiro atoms. The molecule has 1 amide bonds. The maximum Gasteiger partial charge on any atom is 0.221 e. The van der Waals surface area contributed by atoms with Gasteiger partial charge in [0.1, 0.15) is 5.75 Å². The Balaban J connectivity index is 1.28. The van der Waals surface area contributed by atoms with Gasteiger partial charge < -0.3 is 14.5 Å². The van der Waals surface area contributed by atoms with Gasteiger partial charge in [-0.2, -0.15) is 0 Å². The van der Waals surface area contributed by atoms with Crippen LogP contribution >= 0.6 is 0 Å². The number of hydrazine groups is 1. The molecule has 0 bridgehead atoms. The molecule has 8 nitrogen and oxygen atoms in total. The van der Waals surface area contributed by atoms with Crippen LogP contribution in [0.25, 0.3) is 11.3 Å². The first-order valence-electron chi connectivity index (χ1n) is 9.93. The molecule has 3 aromatic rings. The number of hydrogen-bond donors (Lipinski definition) is 3. The molecule has 1 fully saturated rings. The topological polar surface area (TPSA) is 101 Å². The lowest BCUT2D eigenvalue weighted by molar-refractivity contribution is -0.122. The van der Waals surface area contributed by atoms with Crippen LogP contribution in [0, 0.1) is 5.92 Å². The molecule has 8 heteroatoms. The fourth-order valence-electron chi connectivity index (χ4n) is 3.54. The Morgan fingerprint density at radius 3 is 2.67 bits per heavy atom. The van der Waals surface area contributed by atoms with Crippen molar-refractivity contribution < 1.29 is 13.9 Å². The molecule has 0 aliphatic carbocycles. The summed E-state index contributed by atoms with van der Waals surface area (Å²) in [6.45, 7) is 2.10. The molecule has 156 valence electrons. The van der Waals surface area contributed by atoms with E-state index in [2.05, 4.69) is 33.1 Å². The molecule has 3 unspecified atom stereocenters. The number of oxazole rings is 1. The number of amides is 1. The Labute approximate surface area is 175 Å². The van der Waals surface area contributed by atoms with Gasteiger partial charge in [-0.1, -0.05) is 6.92 Å². The van der Waals surface area contributed by atoms with Gasteiger partial charge in [-0.15, -0.1) is 0 Å². The first kappa shape index (κ1) is 20.1. The van der Waals surface area contributed by atoms with E-state index in [4.69, 9.17) is 9.15 Å². The van der Waals surface area contributed by atoms with Crippen molar-refractivity contribution in [1.29, 1.82) is 0 Å². The van der Waals surface area contributed by atoms with Gasteiger partial charge in [-0.3, -0.25) is 9.78 Å². The van der Waals surface area contributed by atoms with Crippen LogP contribution in [0.1, 0.15) is 30.8 Å². The van der Waals surface area contributed by atoms with Crippen LogP contribution in [0.4, 0.5) is 0 Å². The number of rotatable bonds is 7. The Hall–Kier alpha value is -3.23. The minimum Gasteiger partial charge on any atom is -0.497 e. The third kappa shape index (κ3) is 4.50. The molecule has 1 aromatic carbocycles. The number of aromatic nitrogens is 2. The first-order valence-corrected chi connectivity index (χ1v) is 9.93. The summed E-state index contributed by atoms with van der Waals surface area (Å²) >= 11 is 0. The summed E-state index contributed by atoms with van der Waals surface area (Å²) in [5.41, 5.74) is 8.46. The van der Waals surface area contributed by atoms with Crippen LogP contribution in [0.15, 0.2) is 59.4 Å². The molecule has 3 atom stereocenters. The van der Waals surface area contributed by atoms with Crippen molar-refractivity contribution in [3.05, 3.63) is 66.4 Å². The average molecular weight is 407 g/mol. The van der Waals surface area contributed by atoms with E-state index < -0.39 is 0 Å². The van der Waals surface area contributed by atoms with Gasteiger partial charge in [-0.05, 0) is 42.0 Å². The normalized spacial score (nSPS) is 20.8. The predicted octanol–water partition coefficient (Wildman–Crippen LogP) is 2.61. The highest BCUT2D eigenvalue weighted by Gasteiger charge is 2.34. The summed E-state index contributed by atoms with van der Waals surface area (Å²) in [5, 5.41) is 3.04. The van der Waals surface area contributed by atoms with E-state index in [1.54, 1.807) is 25.7 Å². The SMILES string of the molecule is COc1ccc(-c2cnc(CCC(=O)NC3NNC(c4ccncc4)C3C)o2)cc1. The van der Waals surface area contributed by atoms with Gasteiger partial charge in [0.05, 0.1) is 25.5 Å². The molecule has 30 heavy (non-hydrogen) atoms. The van der Waals surface area contributed by atoms with Crippen molar-refractivity contribution in [3.63, 3.8) is 0 Å². The fraction of sp³-hybridized carbons (Fsp3) is 0.318. The van der Waals surface area contributed by atoms with Crippen LogP contribution < -0.4 is 20.9 Å². The minimum atomic E-state index is -0.157. The average Bonchev–Trinajstić information content (AvgIpc) is 3.40. The maximum atomic E-state index is 12.4. The van der Waals surface area contributed by atoms with Crippen LogP contribution in [-0.2, 0) is 11.2 Å². The minimum absolute atomic E-state index is 0.0549. The Morgan fingerprint density at radius 2 is 1.93 bits per heavy atom. The van der Waals surface area contributed by atoms with E-state index >= 15 is 0 Å². The fourth-order valence-corrected chi connectivity index (χ4v) is 3.54. The summed E-state index contributed by atoms with van der Waals surface area (Å²) in [4.78, 5) is 20.8. The monoisotopic (exact) mass is 407 g/mol. The highest BCUT2D eigenvalue weighted by molar-refractivity contribution is 5.76. The lowest BCUT2D eigenvalue weighted by Gasteiger charge is -2.19.